The van der Waals surface area contributed by atoms with Crippen LogP contribution in [0.25, 0.3) is 11.1 Å². The van der Waals surface area contributed by atoms with Crippen LogP contribution < -0.4 is 0 Å². The van der Waals surface area contributed by atoms with Gasteiger partial charge in [-0.15, -0.1) is 3.89 Å². The van der Waals surface area contributed by atoms with E-state index in [1.165, 1.54) is 30.3 Å². The van der Waals surface area contributed by atoms with Gasteiger partial charge in [0.15, 0.2) is 0 Å². The molecule has 0 aliphatic heterocycles. The second-order valence-electron chi connectivity index (χ2n) is 3.97. The van der Waals surface area contributed by atoms with E-state index >= 15 is 0 Å². The van der Waals surface area contributed by atoms with Gasteiger partial charge in [-0.2, -0.15) is 8.42 Å². The van der Waals surface area contributed by atoms with Crippen molar-refractivity contribution in [1.82, 2.24) is 0 Å². The van der Waals surface area contributed by atoms with Crippen LogP contribution in [0.15, 0.2) is 47.4 Å². The fraction of sp³-hybridized carbons (Fsp3) is 0. The molecule has 0 unspecified atom stereocenters. The number of carboxylic acids is 1. The SMILES string of the molecule is O=C(O)c1ccc(-c2ccc(F)c(S(=O)(=O)F)c2)cc1. The lowest BCUT2D eigenvalue weighted by Gasteiger charge is -2.05. The van der Waals surface area contributed by atoms with Gasteiger partial charge in [-0.3, -0.25) is 0 Å². The first-order chi connectivity index (χ1) is 9.29. The van der Waals surface area contributed by atoms with Gasteiger partial charge in [0.25, 0.3) is 0 Å². The van der Waals surface area contributed by atoms with Gasteiger partial charge >= 0.3 is 16.2 Å². The normalized spacial score (nSPS) is 11.3. The van der Waals surface area contributed by atoms with Gasteiger partial charge in [-0.25, -0.2) is 9.18 Å². The summed E-state index contributed by atoms with van der Waals surface area (Å²) in [6, 6.07) is 8.44. The average molecular weight is 298 g/mol. The molecule has 0 saturated heterocycles. The van der Waals surface area contributed by atoms with Gasteiger partial charge in [0.1, 0.15) is 10.7 Å². The van der Waals surface area contributed by atoms with Crippen LogP contribution in [0, 0.1) is 5.82 Å². The summed E-state index contributed by atoms with van der Waals surface area (Å²) in [7, 11) is -5.15. The predicted molar refractivity (Wildman–Crippen MR) is 67.1 cm³/mol. The molecule has 4 nitrogen and oxygen atoms in total. The Morgan fingerprint density at radius 2 is 1.55 bits per heavy atom. The third-order valence-corrected chi connectivity index (χ3v) is 3.50. The summed E-state index contributed by atoms with van der Waals surface area (Å²) in [5, 5.41) is 8.75. The molecule has 0 bridgehead atoms. The first kappa shape index (κ1) is 14.1. The van der Waals surface area contributed by atoms with Crippen molar-refractivity contribution in [3.63, 3.8) is 0 Å². The Labute approximate surface area is 113 Å². The molecule has 2 aromatic carbocycles. The minimum atomic E-state index is -5.15. The molecule has 0 amide bonds. The molecule has 2 aromatic rings. The topological polar surface area (TPSA) is 71.4 Å². The molecule has 2 rings (SSSR count). The quantitative estimate of drug-likeness (QED) is 0.884. The third-order valence-electron chi connectivity index (χ3n) is 2.66. The Bertz CT molecular complexity index is 767. The molecule has 0 saturated carbocycles. The van der Waals surface area contributed by atoms with E-state index in [1.807, 2.05) is 0 Å². The highest BCUT2D eigenvalue weighted by Gasteiger charge is 2.18. The zero-order valence-corrected chi connectivity index (χ0v) is 10.7. The lowest BCUT2D eigenvalue weighted by atomic mass is 10.0. The Kier molecular flexibility index (Phi) is 3.54. The molecule has 20 heavy (non-hydrogen) atoms. The van der Waals surface area contributed by atoms with Crippen molar-refractivity contribution >= 4 is 16.2 Å². The van der Waals surface area contributed by atoms with E-state index in [1.54, 1.807) is 0 Å². The standard InChI is InChI=1S/C13H8F2O4S/c14-11-6-5-10(7-12(11)20(15,18)19)8-1-3-9(4-2-8)13(16)17/h1-7H,(H,16,17). The summed E-state index contributed by atoms with van der Waals surface area (Å²) in [4.78, 5) is 9.66. The molecule has 104 valence electrons. The molecule has 0 heterocycles. The number of hydrogen-bond acceptors (Lipinski definition) is 3. The van der Waals surface area contributed by atoms with E-state index in [-0.39, 0.29) is 11.1 Å². The highest BCUT2D eigenvalue weighted by Crippen LogP contribution is 2.26. The third kappa shape index (κ3) is 2.83. The van der Waals surface area contributed by atoms with Crippen molar-refractivity contribution in [3.8, 4) is 11.1 Å². The number of halogens is 2. The molecule has 0 radical (unpaired) electrons. The van der Waals surface area contributed by atoms with Crippen molar-refractivity contribution in [3.05, 3.63) is 53.8 Å². The maximum Gasteiger partial charge on any atom is 0.335 e. The molecule has 0 fully saturated rings. The van der Waals surface area contributed by atoms with Gasteiger partial charge in [0, 0.05) is 0 Å². The van der Waals surface area contributed by atoms with E-state index in [0.717, 1.165) is 12.1 Å². The minimum absolute atomic E-state index is 0.0502. The molecule has 0 aliphatic carbocycles. The van der Waals surface area contributed by atoms with Crippen LogP contribution in [-0.4, -0.2) is 19.5 Å². The molecule has 7 heteroatoms. The molecular formula is C13H8F2O4S. The minimum Gasteiger partial charge on any atom is -0.478 e. The van der Waals surface area contributed by atoms with E-state index in [9.17, 15) is 21.5 Å². The summed E-state index contributed by atoms with van der Waals surface area (Å²) < 4.78 is 47.7. The fourth-order valence-corrected chi connectivity index (χ4v) is 2.24. The number of hydrogen-bond donors (Lipinski definition) is 1. The molecule has 0 aromatic heterocycles. The van der Waals surface area contributed by atoms with E-state index in [0.29, 0.717) is 5.56 Å². The maximum atomic E-state index is 13.3. The Hall–Kier alpha value is -2.28. The summed E-state index contributed by atoms with van der Waals surface area (Å²) in [6.45, 7) is 0. The monoisotopic (exact) mass is 298 g/mol. The van der Waals surface area contributed by atoms with Crippen LogP contribution in [0.4, 0.5) is 8.28 Å². The van der Waals surface area contributed by atoms with Crippen LogP contribution in [-0.2, 0) is 10.2 Å². The van der Waals surface area contributed by atoms with Crippen molar-refractivity contribution in [2.75, 3.05) is 0 Å². The Morgan fingerprint density at radius 1 is 1.00 bits per heavy atom. The van der Waals surface area contributed by atoms with Crippen LogP contribution in [0.1, 0.15) is 10.4 Å². The van der Waals surface area contributed by atoms with Gasteiger partial charge in [0.05, 0.1) is 5.56 Å². The van der Waals surface area contributed by atoms with Crippen LogP contribution in [0.2, 0.25) is 0 Å². The molecule has 0 spiro atoms. The zero-order chi connectivity index (χ0) is 14.9. The molecule has 1 N–H and O–H groups in total. The highest BCUT2D eigenvalue weighted by molar-refractivity contribution is 7.86. The fourth-order valence-electron chi connectivity index (χ4n) is 1.68. The van der Waals surface area contributed by atoms with Crippen molar-refractivity contribution in [2.45, 2.75) is 4.90 Å². The van der Waals surface area contributed by atoms with Gasteiger partial charge in [-0.05, 0) is 35.4 Å². The lowest BCUT2D eigenvalue weighted by molar-refractivity contribution is 0.0697. The second kappa shape index (κ2) is 5.01. The lowest BCUT2D eigenvalue weighted by Crippen LogP contribution is -1.97. The largest absolute Gasteiger partial charge is 0.478 e. The van der Waals surface area contributed by atoms with E-state index in [2.05, 4.69) is 0 Å². The molecule has 0 atom stereocenters. The number of aromatic carboxylic acids is 1. The van der Waals surface area contributed by atoms with Gasteiger partial charge in [0.2, 0.25) is 0 Å². The summed E-state index contributed by atoms with van der Waals surface area (Å²) in [6.07, 6.45) is 0. The molecule has 0 aliphatic rings. The molecular weight excluding hydrogens is 290 g/mol. The van der Waals surface area contributed by atoms with E-state index < -0.39 is 26.9 Å². The second-order valence-corrected chi connectivity index (χ2v) is 5.28. The van der Waals surface area contributed by atoms with Gasteiger partial charge < -0.3 is 5.11 Å². The summed E-state index contributed by atoms with van der Waals surface area (Å²) >= 11 is 0. The highest BCUT2D eigenvalue weighted by atomic mass is 32.3. The maximum absolute atomic E-state index is 13.3. The van der Waals surface area contributed by atoms with Crippen molar-refractivity contribution in [2.24, 2.45) is 0 Å². The Balaban J connectivity index is 2.51. The average Bonchev–Trinajstić information content (AvgIpc) is 2.38. The smallest absolute Gasteiger partial charge is 0.335 e. The van der Waals surface area contributed by atoms with E-state index in [4.69, 9.17) is 5.11 Å². The van der Waals surface area contributed by atoms with Crippen LogP contribution >= 0.6 is 0 Å². The number of rotatable bonds is 3. The van der Waals surface area contributed by atoms with Crippen LogP contribution in [0.3, 0.4) is 0 Å². The van der Waals surface area contributed by atoms with Gasteiger partial charge in [-0.1, -0.05) is 18.2 Å². The van der Waals surface area contributed by atoms with Crippen LogP contribution in [0.5, 0.6) is 0 Å². The summed E-state index contributed by atoms with van der Waals surface area (Å²) in [5.41, 5.74) is 0.758. The zero-order valence-electron chi connectivity index (χ0n) is 9.88. The number of benzene rings is 2. The predicted octanol–water partition coefficient (Wildman–Crippen LogP) is 2.85. The Morgan fingerprint density at radius 3 is 2.05 bits per heavy atom. The first-order valence-electron chi connectivity index (χ1n) is 5.37. The first-order valence-corrected chi connectivity index (χ1v) is 6.75. The number of carboxylic acid groups (broad SMARTS) is 1. The summed E-state index contributed by atoms with van der Waals surface area (Å²) in [5.74, 6) is -2.29. The van der Waals surface area contributed by atoms with Crippen molar-refractivity contribution in [1.29, 1.82) is 0 Å². The van der Waals surface area contributed by atoms with Crippen molar-refractivity contribution < 1.29 is 26.6 Å². The number of carbonyl (C=O) groups is 1.